The molecule has 0 heterocycles. The molecule has 0 unspecified atom stereocenters. The lowest BCUT2D eigenvalue weighted by molar-refractivity contribution is 0.0954. The fourth-order valence-electron chi connectivity index (χ4n) is 3.01. The lowest BCUT2D eigenvalue weighted by atomic mass is 9.79. The van der Waals surface area contributed by atoms with Gasteiger partial charge in [0, 0.05) is 12.1 Å². The maximum Gasteiger partial charge on any atom is 0.255 e. The van der Waals surface area contributed by atoms with Crippen molar-refractivity contribution in [3.05, 3.63) is 64.7 Å². The Morgan fingerprint density at radius 1 is 0.867 bits per heavy atom. The molecule has 0 saturated heterocycles. The van der Waals surface area contributed by atoms with Crippen molar-refractivity contribution in [2.24, 2.45) is 5.73 Å². The minimum absolute atomic E-state index is 0.0862. The van der Waals surface area contributed by atoms with E-state index in [1.54, 1.807) is 24.3 Å². The molecule has 0 radical (unpaired) electrons. The van der Waals surface area contributed by atoms with Gasteiger partial charge >= 0.3 is 0 Å². The molecule has 2 amide bonds. The predicted molar refractivity (Wildman–Crippen MR) is 124 cm³/mol. The van der Waals surface area contributed by atoms with Crippen LogP contribution in [0.25, 0.3) is 0 Å². The smallest absolute Gasteiger partial charge is 0.255 e. The van der Waals surface area contributed by atoms with Crippen molar-refractivity contribution < 1.29 is 9.59 Å². The number of rotatable bonds is 6. The summed E-state index contributed by atoms with van der Waals surface area (Å²) in [6.07, 6.45) is 0.704. The molecule has 5 nitrogen and oxygen atoms in total. The van der Waals surface area contributed by atoms with Crippen LogP contribution in [0, 0.1) is 0 Å². The number of anilines is 1. The number of hydrogen-bond acceptors (Lipinski definition) is 3. The van der Waals surface area contributed by atoms with Gasteiger partial charge in [0.05, 0.1) is 11.3 Å². The Labute approximate surface area is 180 Å². The zero-order valence-electron chi connectivity index (χ0n) is 19.1. The molecule has 0 aliphatic heterocycles. The molecule has 0 aromatic heterocycles. The highest BCUT2D eigenvalue weighted by Crippen LogP contribution is 2.30. The van der Waals surface area contributed by atoms with Gasteiger partial charge in [-0.2, -0.15) is 0 Å². The molecule has 0 bridgehead atoms. The Hall–Kier alpha value is -2.66. The van der Waals surface area contributed by atoms with Crippen LogP contribution in [-0.4, -0.2) is 24.9 Å². The first-order valence-electron chi connectivity index (χ1n) is 10.5. The summed E-state index contributed by atoms with van der Waals surface area (Å²) < 4.78 is 0. The van der Waals surface area contributed by atoms with E-state index < -0.39 is 0 Å². The monoisotopic (exact) mass is 409 g/mol. The molecule has 2 rings (SSSR count). The summed E-state index contributed by atoms with van der Waals surface area (Å²) in [5.74, 6) is -0.452. The Morgan fingerprint density at radius 3 is 1.97 bits per heavy atom. The molecule has 0 saturated carbocycles. The molecule has 0 spiro atoms. The topological polar surface area (TPSA) is 84.2 Å². The first kappa shape index (κ1) is 23.6. The second kappa shape index (κ2) is 9.43. The average Bonchev–Trinajstić information content (AvgIpc) is 2.66. The van der Waals surface area contributed by atoms with Crippen molar-refractivity contribution >= 4 is 17.5 Å². The van der Waals surface area contributed by atoms with E-state index >= 15 is 0 Å². The first-order valence-corrected chi connectivity index (χ1v) is 10.5. The summed E-state index contributed by atoms with van der Waals surface area (Å²) in [5, 5.41) is 5.77. The van der Waals surface area contributed by atoms with Gasteiger partial charge in [0.15, 0.2) is 0 Å². The van der Waals surface area contributed by atoms with Crippen molar-refractivity contribution in [2.75, 3.05) is 18.4 Å². The van der Waals surface area contributed by atoms with E-state index in [9.17, 15) is 9.59 Å². The van der Waals surface area contributed by atoms with E-state index in [4.69, 9.17) is 5.73 Å². The molecule has 0 atom stereocenters. The number of para-hydroxylation sites is 1. The number of carbonyl (C=O) groups excluding carboxylic acids is 2. The number of benzene rings is 2. The van der Waals surface area contributed by atoms with Crippen LogP contribution >= 0.6 is 0 Å². The van der Waals surface area contributed by atoms with Crippen LogP contribution in [0.5, 0.6) is 0 Å². The molecule has 0 fully saturated rings. The highest BCUT2D eigenvalue weighted by atomic mass is 16.2. The maximum atomic E-state index is 13.1. The van der Waals surface area contributed by atoms with Crippen LogP contribution in [-0.2, 0) is 10.8 Å². The predicted octanol–water partition coefficient (Wildman–Crippen LogP) is 4.61. The van der Waals surface area contributed by atoms with Gasteiger partial charge < -0.3 is 16.4 Å². The van der Waals surface area contributed by atoms with Crippen molar-refractivity contribution in [3.63, 3.8) is 0 Å². The Balaban J connectivity index is 2.36. The van der Waals surface area contributed by atoms with Gasteiger partial charge in [-0.1, -0.05) is 59.7 Å². The molecule has 2 aromatic carbocycles. The van der Waals surface area contributed by atoms with Gasteiger partial charge in [-0.05, 0) is 59.2 Å². The molecule has 30 heavy (non-hydrogen) atoms. The summed E-state index contributed by atoms with van der Waals surface area (Å²) in [5.41, 5.74) is 9.04. The molecular formula is C25H35N3O2. The number of nitrogens with one attached hydrogen (secondary N) is 2. The van der Waals surface area contributed by atoms with Crippen molar-refractivity contribution in [3.8, 4) is 0 Å². The zero-order chi connectivity index (χ0) is 22.5. The minimum atomic E-state index is -0.228. The molecule has 4 N–H and O–H groups in total. The summed E-state index contributed by atoms with van der Waals surface area (Å²) in [6, 6.07) is 13.1. The third kappa shape index (κ3) is 6.17. The molecule has 5 heteroatoms. The summed E-state index contributed by atoms with van der Waals surface area (Å²) in [4.78, 5) is 25.7. The lowest BCUT2D eigenvalue weighted by Gasteiger charge is -2.26. The van der Waals surface area contributed by atoms with Crippen LogP contribution in [0.1, 0.15) is 79.8 Å². The summed E-state index contributed by atoms with van der Waals surface area (Å²) in [7, 11) is 0. The van der Waals surface area contributed by atoms with Gasteiger partial charge in [0.2, 0.25) is 0 Å². The third-order valence-corrected chi connectivity index (χ3v) is 5.01. The Morgan fingerprint density at radius 2 is 1.43 bits per heavy atom. The van der Waals surface area contributed by atoms with Crippen molar-refractivity contribution in [1.82, 2.24) is 5.32 Å². The minimum Gasteiger partial charge on any atom is -0.352 e. The fourth-order valence-corrected chi connectivity index (χ4v) is 3.01. The second-order valence-electron chi connectivity index (χ2n) is 9.70. The van der Waals surface area contributed by atoms with E-state index in [0.717, 1.165) is 11.1 Å². The van der Waals surface area contributed by atoms with E-state index in [2.05, 4.69) is 58.2 Å². The Bertz CT molecular complexity index is 873. The van der Waals surface area contributed by atoms with Crippen LogP contribution < -0.4 is 16.4 Å². The summed E-state index contributed by atoms with van der Waals surface area (Å²) >= 11 is 0. The molecular weight excluding hydrogens is 374 g/mol. The zero-order valence-corrected chi connectivity index (χ0v) is 19.1. The van der Waals surface area contributed by atoms with Gasteiger partial charge in [0.1, 0.15) is 0 Å². The normalized spacial score (nSPS) is 11.8. The number of amides is 2. The summed E-state index contributed by atoms with van der Waals surface area (Å²) in [6.45, 7) is 13.8. The molecule has 162 valence electrons. The quantitative estimate of drug-likeness (QED) is 0.609. The molecule has 0 aliphatic rings. The fraction of sp³-hybridized carbons (Fsp3) is 0.440. The van der Waals surface area contributed by atoms with E-state index in [1.165, 1.54) is 0 Å². The first-order chi connectivity index (χ1) is 13.9. The number of carbonyl (C=O) groups is 2. The van der Waals surface area contributed by atoms with E-state index in [0.29, 0.717) is 36.3 Å². The second-order valence-corrected chi connectivity index (χ2v) is 9.70. The third-order valence-electron chi connectivity index (χ3n) is 5.01. The number of nitrogens with two attached hydrogens (primary N) is 1. The van der Waals surface area contributed by atoms with Crippen molar-refractivity contribution in [2.45, 2.75) is 58.8 Å². The van der Waals surface area contributed by atoms with Gasteiger partial charge in [-0.3, -0.25) is 9.59 Å². The van der Waals surface area contributed by atoms with Crippen LogP contribution in [0.4, 0.5) is 5.69 Å². The van der Waals surface area contributed by atoms with Gasteiger partial charge in [0.25, 0.3) is 11.8 Å². The van der Waals surface area contributed by atoms with Gasteiger partial charge in [-0.25, -0.2) is 0 Å². The highest BCUT2D eigenvalue weighted by molar-refractivity contribution is 6.09. The van der Waals surface area contributed by atoms with E-state index in [1.807, 2.05) is 12.1 Å². The molecule has 0 aliphatic carbocycles. The maximum absolute atomic E-state index is 13.1. The van der Waals surface area contributed by atoms with Crippen molar-refractivity contribution in [1.29, 1.82) is 0 Å². The molecule has 2 aromatic rings. The largest absolute Gasteiger partial charge is 0.352 e. The van der Waals surface area contributed by atoms with Crippen LogP contribution in [0.2, 0.25) is 0 Å². The van der Waals surface area contributed by atoms with Crippen LogP contribution in [0.3, 0.4) is 0 Å². The van der Waals surface area contributed by atoms with Gasteiger partial charge in [-0.15, -0.1) is 0 Å². The average molecular weight is 410 g/mol. The number of hydrogen-bond donors (Lipinski definition) is 3. The SMILES string of the molecule is CC(C)(C)c1cc(C(=O)Nc2ccccc2C(=O)NCCCN)cc(C(C)(C)C)c1. The highest BCUT2D eigenvalue weighted by Gasteiger charge is 2.23. The Kier molecular flexibility index (Phi) is 7.43. The lowest BCUT2D eigenvalue weighted by Crippen LogP contribution is -2.27. The van der Waals surface area contributed by atoms with Crippen LogP contribution in [0.15, 0.2) is 42.5 Å². The standard InChI is InChI=1S/C25H35N3O2/c1-24(2,3)18-14-17(15-19(16-18)25(4,5)6)22(29)28-21-11-8-7-10-20(21)23(30)27-13-9-12-26/h7-8,10-11,14-16H,9,12-13,26H2,1-6H3,(H,27,30)(H,28,29). The van der Waals surface area contributed by atoms with E-state index in [-0.39, 0.29) is 22.6 Å².